The van der Waals surface area contributed by atoms with Crippen molar-refractivity contribution >= 4 is 27.8 Å². The highest BCUT2D eigenvalue weighted by atomic mass is 79.9. The number of carbonyl (C=O) groups excluding carboxylic acids is 2. The van der Waals surface area contributed by atoms with Gasteiger partial charge in [0.25, 0.3) is 5.56 Å². The molecular formula is C12H15BrN2O4. The predicted octanol–water partition coefficient (Wildman–Crippen LogP) is 0.632. The number of esters is 1. The van der Waals surface area contributed by atoms with Crippen LogP contribution in [0.5, 0.6) is 0 Å². The molecule has 1 amide bonds. The molecule has 0 fully saturated rings. The number of carbonyl (C=O) groups is 2. The zero-order valence-electron chi connectivity index (χ0n) is 10.8. The Balaban J connectivity index is 2.66. The van der Waals surface area contributed by atoms with Gasteiger partial charge in [-0.2, -0.15) is 0 Å². The molecule has 0 aliphatic heterocycles. The van der Waals surface area contributed by atoms with Crippen molar-refractivity contribution in [3.63, 3.8) is 0 Å². The van der Waals surface area contributed by atoms with Crippen LogP contribution in [0.4, 0.5) is 0 Å². The van der Waals surface area contributed by atoms with Crippen molar-refractivity contribution in [3.05, 3.63) is 33.2 Å². The molecule has 1 heterocycles. The summed E-state index contributed by atoms with van der Waals surface area (Å²) in [5, 5.41) is 0. The Morgan fingerprint density at radius 3 is 2.74 bits per heavy atom. The van der Waals surface area contributed by atoms with Gasteiger partial charge >= 0.3 is 5.97 Å². The van der Waals surface area contributed by atoms with Crippen molar-refractivity contribution in [2.45, 2.75) is 13.5 Å². The SMILES string of the molecule is CCOC(=O)CN(C)C(=O)Cn1cc(Br)ccc1=O. The van der Waals surface area contributed by atoms with E-state index in [-0.39, 0.29) is 31.2 Å². The first-order chi connectivity index (χ1) is 8.93. The normalized spacial score (nSPS) is 10.1. The van der Waals surface area contributed by atoms with E-state index in [4.69, 9.17) is 4.74 Å². The van der Waals surface area contributed by atoms with Gasteiger partial charge in [0.05, 0.1) is 6.61 Å². The monoisotopic (exact) mass is 330 g/mol. The van der Waals surface area contributed by atoms with Crippen LogP contribution in [-0.4, -0.2) is 41.5 Å². The maximum absolute atomic E-state index is 11.9. The van der Waals surface area contributed by atoms with Gasteiger partial charge < -0.3 is 14.2 Å². The lowest BCUT2D eigenvalue weighted by atomic mass is 10.4. The molecule has 0 N–H and O–H groups in total. The lowest BCUT2D eigenvalue weighted by Crippen LogP contribution is -2.37. The van der Waals surface area contributed by atoms with E-state index in [0.717, 1.165) is 0 Å². The summed E-state index contributed by atoms with van der Waals surface area (Å²) in [5.41, 5.74) is -0.277. The molecule has 19 heavy (non-hydrogen) atoms. The quantitative estimate of drug-likeness (QED) is 0.743. The minimum Gasteiger partial charge on any atom is -0.465 e. The van der Waals surface area contributed by atoms with Gasteiger partial charge in [0.2, 0.25) is 5.91 Å². The number of hydrogen-bond acceptors (Lipinski definition) is 4. The first-order valence-electron chi connectivity index (χ1n) is 5.69. The molecular weight excluding hydrogens is 316 g/mol. The third-order valence-electron chi connectivity index (χ3n) is 2.35. The van der Waals surface area contributed by atoms with Crippen LogP contribution < -0.4 is 5.56 Å². The molecule has 0 aliphatic rings. The molecule has 1 aromatic rings. The van der Waals surface area contributed by atoms with Crippen LogP contribution in [0.1, 0.15) is 6.92 Å². The largest absolute Gasteiger partial charge is 0.465 e. The van der Waals surface area contributed by atoms with Gasteiger partial charge in [0.15, 0.2) is 0 Å². The van der Waals surface area contributed by atoms with Crippen molar-refractivity contribution in [1.82, 2.24) is 9.47 Å². The third kappa shape index (κ3) is 4.86. The molecule has 7 heteroatoms. The Bertz CT molecular complexity index is 527. The van der Waals surface area contributed by atoms with E-state index in [9.17, 15) is 14.4 Å². The van der Waals surface area contributed by atoms with Crippen molar-refractivity contribution in [2.24, 2.45) is 0 Å². The van der Waals surface area contributed by atoms with E-state index in [1.54, 1.807) is 13.0 Å². The summed E-state index contributed by atoms with van der Waals surface area (Å²) in [7, 11) is 1.49. The van der Waals surface area contributed by atoms with Crippen molar-refractivity contribution in [1.29, 1.82) is 0 Å². The fraction of sp³-hybridized carbons (Fsp3) is 0.417. The van der Waals surface area contributed by atoms with E-state index in [1.165, 1.54) is 28.8 Å². The second-order valence-corrected chi connectivity index (χ2v) is 4.78. The lowest BCUT2D eigenvalue weighted by molar-refractivity contribution is -0.148. The molecule has 0 spiro atoms. The number of aromatic nitrogens is 1. The Hall–Kier alpha value is -1.63. The molecule has 1 rings (SSSR count). The number of pyridine rings is 1. The average molecular weight is 331 g/mol. The standard InChI is InChI=1S/C12H15BrN2O4/c1-3-19-12(18)8-14(2)11(17)7-15-6-9(13)4-5-10(15)16/h4-6H,3,7-8H2,1-2H3. The van der Waals surface area contributed by atoms with Gasteiger partial charge in [-0.3, -0.25) is 14.4 Å². The van der Waals surface area contributed by atoms with E-state index in [0.29, 0.717) is 4.47 Å². The van der Waals surface area contributed by atoms with Gasteiger partial charge in [-0.1, -0.05) is 0 Å². The summed E-state index contributed by atoms with van der Waals surface area (Å²) >= 11 is 3.23. The highest BCUT2D eigenvalue weighted by Gasteiger charge is 2.14. The fourth-order valence-corrected chi connectivity index (χ4v) is 1.76. The number of halogens is 1. The fourth-order valence-electron chi connectivity index (χ4n) is 1.38. The van der Waals surface area contributed by atoms with Gasteiger partial charge in [-0.05, 0) is 28.9 Å². The summed E-state index contributed by atoms with van der Waals surface area (Å²) in [5.74, 6) is -0.812. The van der Waals surface area contributed by atoms with Crippen LogP contribution in [-0.2, 0) is 20.9 Å². The van der Waals surface area contributed by atoms with Gasteiger partial charge in [-0.25, -0.2) is 0 Å². The second-order valence-electron chi connectivity index (χ2n) is 3.87. The topological polar surface area (TPSA) is 68.6 Å². The van der Waals surface area contributed by atoms with Crippen LogP contribution in [0.3, 0.4) is 0 Å². The van der Waals surface area contributed by atoms with Crippen LogP contribution in [0.2, 0.25) is 0 Å². The Morgan fingerprint density at radius 2 is 2.11 bits per heavy atom. The maximum atomic E-state index is 11.9. The third-order valence-corrected chi connectivity index (χ3v) is 2.82. The van der Waals surface area contributed by atoms with Crippen LogP contribution >= 0.6 is 15.9 Å². The molecule has 0 atom stereocenters. The van der Waals surface area contributed by atoms with Crippen molar-refractivity contribution in [3.8, 4) is 0 Å². The number of amides is 1. The molecule has 0 radical (unpaired) electrons. The Kier molecular flexibility index (Phi) is 5.75. The van der Waals surface area contributed by atoms with Crippen molar-refractivity contribution in [2.75, 3.05) is 20.2 Å². The highest BCUT2D eigenvalue weighted by molar-refractivity contribution is 9.10. The zero-order valence-corrected chi connectivity index (χ0v) is 12.3. The molecule has 0 unspecified atom stereocenters. The van der Waals surface area contributed by atoms with E-state index >= 15 is 0 Å². The maximum Gasteiger partial charge on any atom is 0.325 e. The van der Waals surface area contributed by atoms with Crippen molar-refractivity contribution < 1.29 is 14.3 Å². The number of nitrogens with zero attached hydrogens (tertiary/aromatic N) is 2. The molecule has 0 bridgehead atoms. The zero-order chi connectivity index (χ0) is 14.4. The molecule has 1 aromatic heterocycles. The summed E-state index contributed by atoms with van der Waals surface area (Å²) in [4.78, 5) is 35.9. The first kappa shape index (κ1) is 15.4. The van der Waals surface area contributed by atoms with E-state index in [1.807, 2.05) is 0 Å². The van der Waals surface area contributed by atoms with Crippen LogP contribution in [0, 0.1) is 0 Å². The summed E-state index contributed by atoms with van der Waals surface area (Å²) < 4.78 is 6.72. The highest BCUT2D eigenvalue weighted by Crippen LogP contribution is 2.05. The smallest absolute Gasteiger partial charge is 0.325 e. The van der Waals surface area contributed by atoms with Gasteiger partial charge in [0, 0.05) is 23.8 Å². The summed E-state index contributed by atoms with van der Waals surface area (Å²) in [6.45, 7) is 1.72. The summed E-state index contributed by atoms with van der Waals surface area (Å²) in [6, 6.07) is 2.97. The first-order valence-corrected chi connectivity index (χ1v) is 6.49. The van der Waals surface area contributed by atoms with Gasteiger partial charge in [0.1, 0.15) is 13.1 Å². The molecule has 0 aliphatic carbocycles. The molecule has 104 valence electrons. The minimum atomic E-state index is -0.472. The predicted molar refractivity (Wildman–Crippen MR) is 72.7 cm³/mol. The molecule has 0 saturated carbocycles. The number of rotatable bonds is 5. The molecule has 0 aromatic carbocycles. The lowest BCUT2D eigenvalue weighted by Gasteiger charge is -2.16. The van der Waals surface area contributed by atoms with Crippen LogP contribution in [0.15, 0.2) is 27.6 Å². The average Bonchev–Trinajstić information content (AvgIpc) is 2.34. The van der Waals surface area contributed by atoms with E-state index < -0.39 is 5.97 Å². The molecule has 6 nitrogen and oxygen atoms in total. The Labute approximate surface area is 119 Å². The van der Waals surface area contributed by atoms with E-state index in [2.05, 4.69) is 15.9 Å². The number of hydrogen-bond donors (Lipinski definition) is 0. The van der Waals surface area contributed by atoms with Crippen LogP contribution in [0.25, 0.3) is 0 Å². The number of ether oxygens (including phenoxy) is 1. The van der Waals surface area contributed by atoms with Gasteiger partial charge in [-0.15, -0.1) is 0 Å². The number of likely N-dealkylation sites (N-methyl/N-ethyl adjacent to an activating group) is 1. The minimum absolute atomic E-state index is 0.117. The molecule has 0 saturated heterocycles. The Morgan fingerprint density at radius 1 is 1.42 bits per heavy atom. The summed E-state index contributed by atoms with van der Waals surface area (Å²) in [6.07, 6.45) is 1.53. The second kappa shape index (κ2) is 7.08.